The average molecular weight is 472 g/mol. The van der Waals surface area contributed by atoms with Crippen molar-refractivity contribution in [1.29, 1.82) is 0 Å². The number of sulfonamides is 1. The Kier molecular flexibility index (Phi) is 6.34. The number of nitrogens with zero attached hydrogens (tertiary/aromatic N) is 4. The van der Waals surface area contributed by atoms with Crippen molar-refractivity contribution in [3.8, 4) is 16.9 Å². The van der Waals surface area contributed by atoms with Gasteiger partial charge in [0.15, 0.2) is 0 Å². The van der Waals surface area contributed by atoms with Crippen LogP contribution >= 0.6 is 0 Å². The third-order valence-corrected chi connectivity index (χ3v) is 7.35. The quantitative estimate of drug-likeness (QED) is 0.583. The van der Waals surface area contributed by atoms with Crippen molar-refractivity contribution in [2.45, 2.75) is 18.7 Å². The minimum Gasteiger partial charge on any atom is -0.495 e. The highest BCUT2D eigenvalue weighted by Crippen LogP contribution is 2.37. The Hall–Kier alpha value is -3.44. The fourth-order valence-corrected chi connectivity index (χ4v) is 5.43. The van der Waals surface area contributed by atoms with Crippen LogP contribution in [0.3, 0.4) is 0 Å². The van der Waals surface area contributed by atoms with Crippen LogP contribution in [0.4, 0.5) is 11.7 Å². The lowest BCUT2D eigenvalue weighted by Gasteiger charge is -2.34. The van der Waals surface area contributed by atoms with E-state index >= 15 is 0 Å². The van der Waals surface area contributed by atoms with Crippen LogP contribution in [-0.4, -0.2) is 62.1 Å². The van der Waals surface area contributed by atoms with E-state index in [-0.39, 0.29) is 22.4 Å². The number of aromatic nitrogens is 2. The highest BCUT2D eigenvalue weighted by molar-refractivity contribution is 7.89. The first-order chi connectivity index (χ1) is 15.8. The van der Waals surface area contributed by atoms with Gasteiger partial charge in [-0.25, -0.2) is 13.4 Å². The largest absolute Gasteiger partial charge is 0.495 e. The van der Waals surface area contributed by atoms with Gasteiger partial charge in [-0.2, -0.15) is 4.31 Å². The Bertz CT molecular complexity index is 1250. The number of hydrogen-bond acceptors (Lipinski definition) is 8. The number of carbonyl (C=O) groups is 1. The van der Waals surface area contributed by atoms with Crippen molar-refractivity contribution < 1.29 is 22.5 Å². The van der Waals surface area contributed by atoms with Crippen LogP contribution in [0.25, 0.3) is 11.1 Å². The fraction of sp³-hybridized carbons (Fsp3) is 0.318. The van der Waals surface area contributed by atoms with Gasteiger partial charge in [0.25, 0.3) is 0 Å². The summed E-state index contributed by atoms with van der Waals surface area (Å²) in [7, 11) is -2.42. The number of benzene rings is 1. The lowest BCUT2D eigenvalue weighted by Crippen LogP contribution is -2.48. The van der Waals surface area contributed by atoms with E-state index < -0.39 is 10.0 Å². The van der Waals surface area contributed by atoms with E-state index in [1.54, 1.807) is 25.3 Å². The third kappa shape index (κ3) is 4.55. The molecule has 2 aromatic heterocycles. The van der Waals surface area contributed by atoms with Gasteiger partial charge in [0.05, 0.1) is 18.4 Å². The van der Waals surface area contributed by atoms with Gasteiger partial charge < -0.3 is 14.2 Å². The molecule has 33 heavy (non-hydrogen) atoms. The number of ether oxygens (including phenoxy) is 1. The molecule has 0 radical (unpaired) electrons. The van der Waals surface area contributed by atoms with Gasteiger partial charge in [-0.15, -0.1) is 0 Å². The number of hydrogen-bond donors (Lipinski definition) is 1. The number of anilines is 2. The second-order valence-corrected chi connectivity index (χ2v) is 9.50. The molecule has 1 fully saturated rings. The third-order valence-electron chi connectivity index (χ3n) is 5.43. The number of nitrogens with one attached hydrogen (secondary N) is 1. The number of rotatable bonds is 6. The molecule has 0 unspecified atom stereocenters. The van der Waals surface area contributed by atoms with Crippen LogP contribution in [0.5, 0.6) is 5.75 Å². The normalized spacial score (nSPS) is 14.8. The Morgan fingerprint density at radius 3 is 2.55 bits per heavy atom. The zero-order chi connectivity index (χ0) is 23.6. The Labute approximate surface area is 192 Å². The molecule has 1 aliphatic heterocycles. The molecule has 10 nitrogen and oxygen atoms in total. The lowest BCUT2D eigenvalue weighted by atomic mass is 10.1. The van der Waals surface area contributed by atoms with Crippen LogP contribution < -0.4 is 15.0 Å². The van der Waals surface area contributed by atoms with Gasteiger partial charge in [0.1, 0.15) is 16.5 Å². The molecule has 11 heteroatoms. The first-order valence-corrected chi connectivity index (χ1v) is 11.8. The summed E-state index contributed by atoms with van der Waals surface area (Å²) in [4.78, 5) is 18.0. The van der Waals surface area contributed by atoms with Crippen LogP contribution in [0.1, 0.15) is 12.6 Å². The van der Waals surface area contributed by atoms with Crippen LogP contribution in [-0.2, 0) is 14.8 Å². The lowest BCUT2D eigenvalue weighted by molar-refractivity contribution is -0.114. The second kappa shape index (κ2) is 9.20. The molecule has 1 amide bonds. The Morgan fingerprint density at radius 1 is 1.15 bits per heavy atom. The first kappa shape index (κ1) is 22.7. The maximum absolute atomic E-state index is 13.6. The molecule has 0 atom stereocenters. The summed E-state index contributed by atoms with van der Waals surface area (Å²) in [6.07, 6.45) is 1.72. The van der Waals surface area contributed by atoms with Crippen molar-refractivity contribution in [3.63, 3.8) is 0 Å². The van der Waals surface area contributed by atoms with Crippen molar-refractivity contribution in [3.05, 3.63) is 48.3 Å². The highest BCUT2D eigenvalue weighted by Gasteiger charge is 2.32. The summed E-state index contributed by atoms with van der Waals surface area (Å²) in [6.45, 7) is 4.76. The summed E-state index contributed by atoms with van der Waals surface area (Å²) in [5.74, 6) is 0.903. The molecular formula is C22H25N5O5S. The van der Waals surface area contributed by atoms with Gasteiger partial charge in [-0.1, -0.05) is 17.3 Å². The summed E-state index contributed by atoms with van der Waals surface area (Å²) < 4.78 is 39.2. The van der Waals surface area contributed by atoms with Gasteiger partial charge in [0, 0.05) is 39.3 Å². The van der Waals surface area contributed by atoms with E-state index in [0.29, 0.717) is 43.0 Å². The minimum atomic E-state index is -3.85. The molecule has 1 aliphatic rings. The molecule has 1 aromatic carbocycles. The Morgan fingerprint density at radius 2 is 1.91 bits per heavy atom. The minimum absolute atomic E-state index is 0.0446. The van der Waals surface area contributed by atoms with E-state index in [9.17, 15) is 13.2 Å². The maximum Gasteiger partial charge on any atom is 0.246 e. The zero-order valence-electron chi connectivity index (χ0n) is 18.6. The van der Waals surface area contributed by atoms with Gasteiger partial charge in [-0.05, 0) is 36.8 Å². The van der Waals surface area contributed by atoms with Crippen LogP contribution in [0.15, 0.2) is 52.0 Å². The monoisotopic (exact) mass is 471 g/mol. The van der Waals surface area contributed by atoms with Gasteiger partial charge >= 0.3 is 0 Å². The van der Waals surface area contributed by atoms with E-state index in [4.69, 9.17) is 9.26 Å². The van der Waals surface area contributed by atoms with E-state index in [2.05, 4.69) is 20.4 Å². The number of piperazine rings is 1. The van der Waals surface area contributed by atoms with Crippen LogP contribution in [0, 0.1) is 6.92 Å². The summed E-state index contributed by atoms with van der Waals surface area (Å²) >= 11 is 0. The number of pyridine rings is 1. The standard InChI is InChI=1S/C22H25N5O5S/c1-15-21(22(32-25-15)24-16(2)28)17-7-8-18(31-3)19(14-17)33(29,30)27-12-10-26(11-13-27)20-6-4-5-9-23-20/h4-9,14H,10-13H2,1-3H3,(H,24,28). The molecule has 0 spiro atoms. The number of aryl methyl sites for hydroxylation is 1. The smallest absolute Gasteiger partial charge is 0.246 e. The van der Waals surface area contributed by atoms with E-state index in [1.807, 2.05) is 18.2 Å². The van der Waals surface area contributed by atoms with E-state index in [0.717, 1.165) is 5.82 Å². The Balaban J connectivity index is 1.65. The molecule has 0 saturated carbocycles. The summed E-state index contributed by atoms with van der Waals surface area (Å²) in [5, 5.41) is 6.51. The molecule has 4 rings (SSSR count). The maximum atomic E-state index is 13.6. The van der Waals surface area contributed by atoms with Gasteiger partial charge in [-0.3, -0.25) is 10.1 Å². The molecule has 1 saturated heterocycles. The van der Waals surface area contributed by atoms with Gasteiger partial charge in [0.2, 0.25) is 21.8 Å². The SMILES string of the molecule is COc1ccc(-c2c(C)noc2NC(C)=O)cc1S(=O)(=O)N1CCN(c2ccccn2)CC1. The molecule has 0 aliphatic carbocycles. The van der Waals surface area contributed by atoms with Crippen molar-refractivity contribution >= 4 is 27.6 Å². The number of amides is 1. The molecule has 174 valence electrons. The summed E-state index contributed by atoms with van der Waals surface area (Å²) in [5.41, 5.74) is 1.59. The average Bonchev–Trinajstić information content (AvgIpc) is 3.18. The van der Waals surface area contributed by atoms with Crippen molar-refractivity contribution in [2.75, 3.05) is 43.5 Å². The number of methoxy groups -OCH3 is 1. The molecule has 3 heterocycles. The first-order valence-electron chi connectivity index (χ1n) is 10.4. The number of carbonyl (C=O) groups excluding carboxylic acids is 1. The highest BCUT2D eigenvalue weighted by atomic mass is 32.2. The molecule has 1 N–H and O–H groups in total. The van der Waals surface area contributed by atoms with Crippen LogP contribution in [0.2, 0.25) is 0 Å². The van der Waals surface area contributed by atoms with Crippen molar-refractivity contribution in [1.82, 2.24) is 14.4 Å². The molecule has 3 aromatic rings. The molecule has 0 bridgehead atoms. The predicted octanol–water partition coefficient (Wildman–Crippen LogP) is 2.52. The molecular weight excluding hydrogens is 446 g/mol. The fourth-order valence-electron chi connectivity index (χ4n) is 3.83. The second-order valence-electron chi connectivity index (χ2n) is 7.60. The zero-order valence-corrected chi connectivity index (χ0v) is 19.4. The van der Waals surface area contributed by atoms with E-state index in [1.165, 1.54) is 24.4 Å². The van der Waals surface area contributed by atoms with Crippen molar-refractivity contribution in [2.24, 2.45) is 0 Å². The summed E-state index contributed by atoms with van der Waals surface area (Å²) in [6, 6.07) is 10.5. The topological polar surface area (TPSA) is 118 Å². The predicted molar refractivity (Wildman–Crippen MR) is 123 cm³/mol.